The van der Waals surface area contributed by atoms with Gasteiger partial charge >= 0.3 is 0 Å². The molecule has 2 unspecified atom stereocenters. The van der Waals surface area contributed by atoms with Gasteiger partial charge in [-0.05, 0) is 18.9 Å². The highest BCUT2D eigenvalue weighted by molar-refractivity contribution is 7.86. The molecule has 0 heterocycles. The summed E-state index contributed by atoms with van der Waals surface area (Å²) in [5, 5.41) is -1.22. The Kier molecular flexibility index (Phi) is 3.95. The lowest BCUT2D eigenvalue weighted by molar-refractivity contribution is 0.425. The maximum atomic E-state index is 10.4. The van der Waals surface area contributed by atoms with Crippen molar-refractivity contribution in [3.8, 4) is 0 Å². The molecule has 5 N–H and O–H groups in total. The third-order valence-corrected chi connectivity index (χ3v) is 2.68. The molecule has 0 aromatic rings. The summed E-state index contributed by atoms with van der Waals surface area (Å²) in [6.07, 6.45) is 0.487. The minimum absolute atomic E-state index is 0.310. The summed E-state index contributed by atoms with van der Waals surface area (Å²) in [7, 11) is -4.10. The number of hydrogen-bond donors (Lipinski definition) is 3. The molecule has 0 aromatic carbocycles. The highest BCUT2D eigenvalue weighted by atomic mass is 32.2. The van der Waals surface area contributed by atoms with Crippen molar-refractivity contribution in [1.82, 2.24) is 0 Å². The van der Waals surface area contributed by atoms with Crippen LogP contribution in [-0.2, 0) is 10.1 Å². The van der Waals surface area contributed by atoms with Crippen LogP contribution in [0, 0.1) is 5.92 Å². The van der Waals surface area contributed by atoms with Crippen LogP contribution in [0.15, 0.2) is 0 Å². The third kappa shape index (κ3) is 3.66. The Labute approximate surface area is 66.5 Å². The molecule has 0 amide bonds. The van der Waals surface area contributed by atoms with Gasteiger partial charge in [0.25, 0.3) is 10.1 Å². The average molecular weight is 182 g/mol. The van der Waals surface area contributed by atoms with Gasteiger partial charge in [-0.1, -0.05) is 6.92 Å². The largest absolute Gasteiger partial charge is 0.330 e. The monoisotopic (exact) mass is 182 g/mol. The van der Waals surface area contributed by atoms with Gasteiger partial charge in [-0.3, -0.25) is 4.55 Å². The smallest absolute Gasteiger partial charge is 0.281 e. The molecule has 11 heavy (non-hydrogen) atoms. The molecule has 0 radical (unpaired) electrons. The molecular weight excluding hydrogens is 168 g/mol. The molecule has 0 rings (SSSR count). The first-order chi connectivity index (χ1) is 4.89. The van der Waals surface area contributed by atoms with E-state index in [1.165, 1.54) is 0 Å². The van der Waals surface area contributed by atoms with Crippen LogP contribution in [0.4, 0.5) is 0 Å². The van der Waals surface area contributed by atoms with E-state index in [9.17, 15) is 8.42 Å². The van der Waals surface area contributed by atoms with E-state index in [0.29, 0.717) is 13.0 Å². The fraction of sp³-hybridized carbons (Fsp3) is 1.00. The first-order valence-corrected chi connectivity index (χ1v) is 4.82. The van der Waals surface area contributed by atoms with Gasteiger partial charge in [0.2, 0.25) is 0 Å². The summed E-state index contributed by atoms with van der Waals surface area (Å²) < 4.78 is 29.4. The van der Waals surface area contributed by atoms with Crippen LogP contribution in [0.2, 0.25) is 0 Å². The summed E-state index contributed by atoms with van der Waals surface area (Å²) >= 11 is 0. The summed E-state index contributed by atoms with van der Waals surface area (Å²) in [4.78, 5) is 0. The van der Waals surface area contributed by atoms with Gasteiger partial charge in [0, 0.05) is 0 Å². The molecule has 0 saturated carbocycles. The SMILES string of the molecule is CC(CCN)C(N)S(=O)(=O)O. The molecule has 0 spiro atoms. The first kappa shape index (κ1) is 10.8. The van der Waals surface area contributed by atoms with Crippen molar-refractivity contribution >= 4 is 10.1 Å². The number of rotatable bonds is 4. The van der Waals surface area contributed by atoms with E-state index in [1.54, 1.807) is 6.92 Å². The maximum Gasteiger partial charge on any atom is 0.281 e. The Hall–Kier alpha value is -0.170. The fourth-order valence-electron chi connectivity index (χ4n) is 0.721. The van der Waals surface area contributed by atoms with Crippen LogP contribution in [0.1, 0.15) is 13.3 Å². The second-order valence-corrected chi connectivity index (χ2v) is 4.11. The second-order valence-electron chi connectivity index (χ2n) is 2.53. The van der Waals surface area contributed by atoms with E-state index in [-0.39, 0.29) is 5.92 Å². The summed E-state index contributed by atoms with van der Waals surface area (Å²) in [5.41, 5.74) is 10.4. The molecule has 6 heteroatoms. The molecule has 0 aromatic heterocycles. The lowest BCUT2D eigenvalue weighted by atomic mass is 10.1. The molecule has 0 aliphatic heterocycles. The first-order valence-electron chi connectivity index (χ1n) is 3.31. The molecule has 0 aliphatic rings. The van der Waals surface area contributed by atoms with E-state index in [0.717, 1.165) is 0 Å². The minimum Gasteiger partial charge on any atom is -0.330 e. The number of nitrogens with two attached hydrogens (primary N) is 2. The summed E-state index contributed by atoms with van der Waals surface area (Å²) in [6, 6.07) is 0. The van der Waals surface area contributed by atoms with Crippen molar-refractivity contribution in [3.05, 3.63) is 0 Å². The van der Waals surface area contributed by atoms with Crippen molar-refractivity contribution in [2.45, 2.75) is 18.7 Å². The van der Waals surface area contributed by atoms with Crippen molar-refractivity contribution < 1.29 is 13.0 Å². The van der Waals surface area contributed by atoms with Crippen molar-refractivity contribution in [1.29, 1.82) is 0 Å². The zero-order valence-corrected chi connectivity index (χ0v) is 7.21. The summed E-state index contributed by atoms with van der Waals surface area (Å²) in [6.45, 7) is 2.00. The average Bonchev–Trinajstić information content (AvgIpc) is 1.85. The topological polar surface area (TPSA) is 106 Å². The molecule has 0 aliphatic carbocycles. The highest BCUT2D eigenvalue weighted by Gasteiger charge is 2.23. The second kappa shape index (κ2) is 4.01. The lowest BCUT2D eigenvalue weighted by Gasteiger charge is -2.15. The highest BCUT2D eigenvalue weighted by Crippen LogP contribution is 2.08. The fourth-order valence-corrected chi connectivity index (χ4v) is 1.44. The Morgan fingerprint density at radius 1 is 1.55 bits per heavy atom. The van der Waals surface area contributed by atoms with Crippen LogP contribution < -0.4 is 11.5 Å². The molecule has 5 nitrogen and oxygen atoms in total. The van der Waals surface area contributed by atoms with E-state index in [1.807, 2.05) is 0 Å². The normalized spacial score (nSPS) is 17.8. The predicted molar refractivity (Wildman–Crippen MR) is 42.4 cm³/mol. The lowest BCUT2D eigenvalue weighted by Crippen LogP contribution is -2.37. The zero-order chi connectivity index (χ0) is 9.07. The predicted octanol–water partition coefficient (Wildman–Crippen LogP) is -0.856. The maximum absolute atomic E-state index is 10.4. The van der Waals surface area contributed by atoms with Gasteiger partial charge in [-0.2, -0.15) is 8.42 Å². The van der Waals surface area contributed by atoms with Crippen molar-refractivity contribution in [3.63, 3.8) is 0 Å². The van der Waals surface area contributed by atoms with Gasteiger partial charge in [0.1, 0.15) is 5.37 Å². The Bertz CT molecular complexity index is 202. The quantitative estimate of drug-likeness (QED) is 0.491. The van der Waals surface area contributed by atoms with Gasteiger partial charge < -0.3 is 11.5 Å². The van der Waals surface area contributed by atoms with Crippen LogP contribution >= 0.6 is 0 Å². The zero-order valence-electron chi connectivity index (χ0n) is 6.40. The Morgan fingerprint density at radius 3 is 2.27 bits per heavy atom. The molecule has 0 saturated heterocycles. The minimum atomic E-state index is -4.10. The molecule has 0 fully saturated rings. The molecular formula is C5H14N2O3S. The van der Waals surface area contributed by atoms with Gasteiger partial charge in [0.05, 0.1) is 0 Å². The number of hydrogen-bond acceptors (Lipinski definition) is 4. The Balaban J connectivity index is 4.14. The van der Waals surface area contributed by atoms with Crippen molar-refractivity contribution in [2.24, 2.45) is 17.4 Å². The van der Waals surface area contributed by atoms with Crippen LogP contribution in [-0.4, -0.2) is 24.9 Å². The van der Waals surface area contributed by atoms with Gasteiger partial charge in [-0.25, -0.2) is 0 Å². The van der Waals surface area contributed by atoms with Crippen LogP contribution in [0.25, 0.3) is 0 Å². The Morgan fingerprint density at radius 2 is 2.00 bits per heavy atom. The van der Waals surface area contributed by atoms with E-state index >= 15 is 0 Å². The van der Waals surface area contributed by atoms with Crippen LogP contribution in [0.3, 0.4) is 0 Å². The third-order valence-electron chi connectivity index (χ3n) is 1.53. The molecule has 68 valence electrons. The van der Waals surface area contributed by atoms with E-state index < -0.39 is 15.5 Å². The standard InChI is InChI=1S/C5H14N2O3S/c1-4(2-3-6)5(7)11(8,9)10/h4-5H,2-3,6-7H2,1H3,(H,8,9,10). The summed E-state index contributed by atoms with van der Waals surface area (Å²) in [5.74, 6) is -0.310. The molecule has 2 atom stereocenters. The van der Waals surface area contributed by atoms with E-state index in [2.05, 4.69) is 0 Å². The van der Waals surface area contributed by atoms with Crippen LogP contribution in [0.5, 0.6) is 0 Å². The molecule has 0 bridgehead atoms. The van der Waals surface area contributed by atoms with Gasteiger partial charge in [0.15, 0.2) is 0 Å². The van der Waals surface area contributed by atoms with Gasteiger partial charge in [-0.15, -0.1) is 0 Å². The van der Waals surface area contributed by atoms with Crippen molar-refractivity contribution in [2.75, 3.05) is 6.54 Å². The van der Waals surface area contributed by atoms with E-state index in [4.69, 9.17) is 16.0 Å².